The van der Waals surface area contributed by atoms with Gasteiger partial charge in [0.25, 0.3) is 0 Å². The summed E-state index contributed by atoms with van der Waals surface area (Å²) in [4.78, 5) is 24.3. The molecule has 5 heteroatoms. The third-order valence-corrected chi connectivity index (χ3v) is 4.08. The normalized spacial score (nSPS) is 27.2. The summed E-state index contributed by atoms with van der Waals surface area (Å²) in [5.74, 6) is 2.25. The van der Waals surface area contributed by atoms with Gasteiger partial charge in [0.05, 0.1) is 0 Å². The van der Waals surface area contributed by atoms with Gasteiger partial charge in [-0.1, -0.05) is 0 Å². The van der Waals surface area contributed by atoms with Crippen molar-refractivity contribution < 1.29 is 4.79 Å². The van der Waals surface area contributed by atoms with Crippen LogP contribution in [-0.2, 0) is 4.79 Å². The molecule has 3 heterocycles. The molecule has 0 aromatic carbocycles. The maximum absolute atomic E-state index is 11.4. The number of carbonyl (C=O) groups is 1. The van der Waals surface area contributed by atoms with E-state index < -0.39 is 0 Å². The van der Waals surface area contributed by atoms with Crippen LogP contribution in [0.5, 0.6) is 0 Å². The lowest BCUT2D eigenvalue weighted by atomic mass is 9.89. The fourth-order valence-electron chi connectivity index (χ4n) is 3.06. The zero-order valence-corrected chi connectivity index (χ0v) is 10.6. The Morgan fingerprint density at radius 3 is 2.67 bits per heavy atom. The van der Waals surface area contributed by atoms with E-state index in [0.717, 1.165) is 38.5 Å². The summed E-state index contributed by atoms with van der Waals surface area (Å²) in [5, 5.41) is 0. The predicted octanol–water partition coefficient (Wildman–Crippen LogP) is 0.781. The molecule has 0 unspecified atom stereocenters. The first-order valence-electron chi connectivity index (χ1n) is 6.51. The molecule has 1 amide bonds. The molecule has 5 nitrogen and oxygen atoms in total. The Balaban J connectivity index is 1.69. The van der Waals surface area contributed by atoms with E-state index in [4.69, 9.17) is 0 Å². The van der Waals surface area contributed by atoms with E-state index in [0.29, 0.717) is 11.8 Å². The molecule has 0 N–H and O–H groups in total. The van der Waals surface area contributed by atoms with Crippen molar-refractivity contribution in [2.24, 2.45) is 11.8 Å². The highest BCUT2D eigenvalue weighted by atomic mass is 16.2. The highest BCUT2D eigenvalue weighted by molar-refractivity contribution is 5.73. The van der Waals surface area contributed by atoms with Gasteiger partial charge in [-0.2, -0.15) is 0 Å². The number of amides is 1. The van der Waals surface area contributed by atoms with Gasteiger partial charge in [0, 0.05) is 45.5 Å². The number of nitrogens with zero attached hydrogens (tertiary/aromatic N) is 4. The Morgan fingerprint density at radius 1 is 1.22 bits per heavy atom. The zero-order chi connectivity index (χ0) is 12.5. The number of fused-ring (bicyclic) bond motifs is 1. The van der Waals surface area contributed by atoms with Crippen LogP contribution in [0.15, 0.2) is 18.5 Å². The summed E-state index contributed by atoms with van der Waals surface area (Å²) < 4.78 is 0. The molecule has 2 aliphatic heterocycles. The van der Waals surface area contributed by atoms with Crippen molar-refractivity contribution in [3.05, 3.63) is 18.5 Å². The Labute approximate surface area is 107 Å². The summed E-state index contributed by atoms with van der Waals surface area (Å²) >= 11 is 0. The van der Waals surface area contributed by atoms with Crippen LogP contribution in [-0.4, -0.2) is 47.0 Å². The Morgan fingerprint density at radius 2 is 1.94 bits per heavy atom. The SMILES string of the molecule is CC(=O)N1C[C@@H]2CCN(c3ncccn3)C[C@@H]2C1. The molecule has 0 aliphatic carbocycles. The largest absolute Gasteiger partial charge is 0.342 e. The van der Waals surface area contributed by atoms with Crippen LogP contribution in [0.25, 0.3) is 0 Å². The van der Waals surface area contributed by atoms with Crippen molar-refractivity contribution in [2.45, 2.75) is 13.3 Å². The van der Waals surface area contributed by atoms with Gasteiger partial charge >= 0.3 is 0 Å². The summed E-state index contributed by atoms with van der Waals surface area (Å²) in [6, 6.07) is 1.84. The first-order valence-corrected chi connectivity index (χ1v) is 6.51. The average molecular weight is 246 g/mol. The molecule has 2 aliphatic rings. The molecule has 0 radical (unpaired) electrons. The first kappa shape index (κ1) is 11.4. The number of piperidine rings is 1. The van der Waals surface area contributed by atoms with Crippen LogP contribution < -0.4 is 4.90 Å². The van der Waals surface area contributed by atoms with E-state index >= 15 is 0 Å². The standard InChI is InChI=1S/C13H18N4O/c1-10(18)17-7-11-3-6-16(8-12(11)9-17)13-14-4-2-5-15-13/h2,4-5,11-12H,3,6-9H2,1H3/t11-,12+/m0/s1. The lowest BCUT2D eigenvalue weighted by Crippen LogP contribution is -2.40. The van der Waals surface area contributed by atoms with Crippen molar-refractivity contribution in [1.29, 1.82) is 0 Å². The van der Waals surface area contributed by atoms with E-state index in [-0.39, 0.29) is 5.91 Å². The third kappa shape index (κ3) is 2.05. The van der Waals surface area contributed by atoms with Gasteiger partial charge in [-0.15, -0.1) is 0 Å². The molecule has 18 heavy (non-hydrogen) atoms. The molecule has 0 spiro atoms. The smallest absolute Gasteiger partial charge is 0.225 e. The van der Waals surface area contributed by atoms with E-state index in [1.54, 1.807) is 19.3 Å². The van der Waals surface area contributed by atoms with Crippen LogP contribution in [0, 0.1) is 11.8 Å². The number of hydrogen-bond acceptors (Lipinski definition) is 4. The number of anilines is 1. The van der Waals surface area contributed by atoms with E-state index in [9.17, 15) is 4.79 Å². The molecule has 96 valence electrons. The number of hydrogen-bond donors (Lipinski definition) is 0. The highest BCUT2D eigenvalue weighted by Crippen LogP contribution is 2.32. The number of likely N-dealkylation sites (tertiary alicyclic amines) is 1. The molecule has 1 aromatic heterocycles. The monoisotopic (exact) mass is 246 g/mol. The van der Waals surface area contributed by atoms with Gasteiger partial charge in [0.1, 0.15) is 0 Å². The minimum absolute atomic E-state index is 0.201. The molecule has 1 aromatic rings. The second kappa shape index (κ2) is 4.55. The van der Waals surface area contributed by atoms with Crippen LogP contribution in [0.3, 0.4) is 0 Å². The zero-order valence-electron chi connectivity index (χ0n) is 10.6. The second-order valence-electron chi connectivity index (χ2n) is 5.23. The lowest BCUT2D eigenvalue weighted by Gasteiger charge is -2.34. The molecule has 0 bridgehead atoms. The van der Waals surface area contributed by atoms with Gasteiger partial charge in [-0.05, 0) is 24.3 Å². The van der Waals surface area contributed by atoms with Crippen molar-refractivity contribution in [2.75, 3.05) is 31.1 Å². The van der Waals surface area contributed by atoms with Gasteiger partial charge in [-0.25, -0.2) is 9.97 Å². The van der Waals surface area contributed by atoms with Gasteiger partial charge < -0.3 is 9.80 Å². The fraction of sp³-hybridized carbons (Fsp3) is 0.615. The maximum Gasteiger partial charge on any atom is 0.225 e. The van der Waals surface area contributed by atoms with Crippen molar-refractivity contribution in [3.8, 4) is 0 Å². The number of aromatic nitrogens is 2. The van der Waals surface area contributed by atoms with Crippen molar-refractivity contribution in [1.82, 2.24) is 14.9 Å². The molecule has 2 atom stereocenters. The molecular weight excluding hydrogens is 228 g/mol. The van der Waals surface area contributed by atoms with Crippen LogP contribution in [0.1, 0.15) is 13.3 Å². The highest BCUT2D eigenvalue weighted by Gasteiger charge is 2.38. The molecule has 3 rings (SSSR count). The summed E-state index contributed by atoms with van der Waals surface area (Å²) in [5.41, 5.74) is 0. The van der Waals surface area contributed by atoms with Crippen LogP contribution >= 0.6 is 0 Å². The quantitative estimate of drug-likeness (QED) is 0.735. The minimum Gasteiger partial charge on any atom is -0.342 e. The van der Waals surface area contributed by atoms with Crippen molar-refractivity contribution in [3.63, 3.8) is 0 Å². The summed E-state index contributed by atoms with van der Waals surface area (Å²) in [6.45, 7) is 5.46. The van der Waals surface area contributed by atoms with E-state index in [1.165, 1.54) is 0 Å². The third-order valence-electron chi connectivity index (χ3n) is 4.08. The first-order chi connectivity index (χ1) is 8.74. The predicted molar refractivity (Wildman–Crippen MR) is 68.1 cm³/mol. The Hall–Kier alpha value is -1.65. The van der Waals surface area contributed by atoms with E-state index in [2.05, 4.69) is 14.9 Å². The Kier molecular flexibility index (Phi) is 2.89. The van der Waals surface area contributed by atoms with Crippen molar-refractivity contribution >= 4 is 11.9 Å². The molecule has 2 saturated heterocycles. The molecule has 2 fully saturated rings. The topological polar surface area (TPSA) is 49.3 Å². The number of rotatable bonds is 1. The lowest BCUT2D eigenvalue weighted by molar-refractivity contribution is -0.128. The number of carbonyl (C=O) groups excluding carboxylic acids is 1. The maximum atomic E-state index is 11.4. The molecule has 0 saturated carbocycles. The van der Waals surface area contributed by atoms with Gasteiger partial charge in [-0.3, -0.25) is 4.79 Å². The second-order valence-corrected chi connectivity index (χ2v) is 5.23. The van der Waals surface area contributed by atoms with Gasteiger partial charge in [0.15, 0.2) is 0 Å². The Bertz CT molecular complexity index is 436. The van der Waals surface area contributed by atoms with Crippen LogP contribution in [0.4, 0.5) is 5.95 Å². The molecular formula is C13H18N4O. The summed E-state index contributed by atoms with van der Waals surface area (Å²) in [7, 11) is 0. The average Bonchev–Trinajstić information content (AvgIpc) is 2.82. The summed E-state index contributed by atoms with van der Waals surface area (Å²) in [6.07, 6.45) is 4.70. The van der Waals surface area contributed by atoms with E-state index in [1.807, 2.05) is 11.0 Å². The fourth-order valence-corrected chi connectivity index (χ4v) is 3.06. The van der Waals surface area contributed by atoms with Crippen LogP contribution in [0.2, 0.25) is 0 Å². The van der Waals surface area contributed by atoms with Gasteiger partial charge in [0.2, 0.25) is 11.9 Å². The minimum atomic E-state index is 0.201.